The molecule has 0 aliphatic rings. The number of carbonyl (C=O) groups is 1. The number of H-pyrrole nitrogens is 1. The van der Waals surface area contributed by atoms with Crippen molar-refractivity contribution in [2.24, 2.45) is 0 Å². The van der Waals surface area contributed by atoms with E-state index in [1.54, 1.807) is 6.20 Å². The van der Waals surface area contributed by atoms with Gasteiger partial charge in [0, 0.05) is 16.0 Å². The number of benzene rings is 2. The standard InChI is InChI=1S/C15H13N3OS/c19-15(10-20-13-4-2-1-3-5-13)17-12-7-6-11-9-16-18-14(11)8-12/h1-9H,10H2,(H,16,18)(H,17,19). The smallest absolute Gasteiger partial charge is 0.234 e. The number of rotatable bonds is 4. The van der Waals surface area contributed by atoms with Gasteiger partial charge in [-0.25, -0.2) is 0 Å². The lowest BCUT2D eigenvalue weighted by Crippen LogP contribution is -2.13. The molecule has 0 radical (unpaired) electrons. The normalized spacial score (nSPS) is 10.6. The summed E-state index contributed by atoms with van der Waals surface area (Å²) in [5, 5.41) is 10.8. The first kappa shape index (κ1) is 12.7. The van der Waals surface area contributed by atoms with Crippen LogP contribution in [0.15, 0.2) is 59.6 Å². The molecule has 0 atom stereocenters. The lowest BCUT2D eigenvalue weighted by atomic mass is 10.2. The van der Waals surface area contributed by atoms with E-state index < -0.39 is 0 Å². The number of fused-ring (bicyclic) bond motifs is 1. The highest BCUT2D eigenvalue weighted by atomic mass is 32.2. The van der Waals surface area contributed by atoms with Gasteiger partial charge in [-0.05, 0) is 30.3 Å². The van der Waals surface area contributed by atoms with Crippen molar-refractivity contribution in [3.63, 3.8) is 0 Å². The summed E-state index contributed by atoms with van der Waals surface area (Å²) < 4.78 is 0. The summed E-state index contributed by atoms with van der Waals surface area (Å²) in [6.07, 6.45) is 1.76. The minimum atomic E-state index is -0.0160. The maximum absolute atomic E-state index is 11.9. The van der Waals surface area contributed by atoms with E-state index in [0.717, 1.165) is 21.5 Å². The summed E-state index contributed by atoms with van der Waals surface area (Å²) in [5.74, 6) is 0.378. The van der Waals surface area contributed by atoms with Crippen LogP contribution in [0.5, 0.6) is 0 Å². The second-order valence-electron chi connectivity index (χ2n) is 4.32. The fourth-order valence-corrected chi connectivity index (χ4v) is 2.60. The second-order valence-corrected chi connectivity index (χ2v) is 5.37. The minimum Gasteiger partial charge on any atom is -0.325 e. The van der Waals surface area contributed by atoms with Gasteiger partial charge in [0.2, 0.25) is 5.91 Å². The predicted molar refractivity (Wildman–Crippen MR) is 81.9 cm³/mol. The summed E-state index contributed by atoms with van der Waals surface area (Å²) in [5.41, 5.74) is 1.69. The molecule has 3 rings (SSSR count). The zero-order chi connectivity index (χ0) is 13.8. The number of aromatic nitrogens is 2. The number of nitrogens with one attached hydrogen (secondary N) is 2. The Labute approximate surface area is 120 Å². The van der Waals surface area contributed by atoms with Gasteiger partial charge in [0.25, 0.3) is 0 Å². The van der Waals surface area contributed by atoms with E-state index >= 15 is 0 Å². The van der Waals surface area contributed by atoms with Crippen LogP contribution in [-0.4, -0.2) is 21.9 Å². The van der Waals surface area contributed by atoms with Crippen molar-refractivity contribution < 1.29 is 4.79 Å². The summed E-state index contributed by atoms with van der Waals surface area (Å²) in [7, 11) is 0. The topological polar surface area (TPSA) is 57.8 Å². The molecular weight excluding hydrogens is 270 g/mol. The predicted octanol–water partition coefficient (Wildman–Crippen LogP) is 3.29. The van der Waals surface area contributed by atoms with Crippen molar-refractivity contribution in [3.05, 3.63) is 54.7 Å². The van der Waals surface area contributed by atoms with E-state index in [9.17, 15) is 4.79 Å². The van der Waals surface area contributed by atoms with Gasteiger partial charge in [-0.2, -0.15) is 5.10 Å². The Kier molecular flexibility index (Phi) is 3.69. The molecular formula is C15H13N3OS. The highest BCUT2D eigenvalue weighted by Gasteiger charge is 2.04. The monoisotopic (exact) mass is 283 g/mol. The van der Waals surface area contributed by atoms with Gasteiger partial charge in [-0.1, -0.05) is 18.2 Å². The lowest BCUT2D eigenvalue weighted by Gasteiger charge is -2.05. The van der Waals surface area contributed by atoms with E-state index in [1.165, 1.54) is 11.8 Å². The molecule has 0 saturated carbocycles. The van der Waals surface area contributed by atoms with Crippen LogP contribution in [-0.2, 0) is 4.79 Å². The maximum atomic E-state index is 11.9. The van der Waals surface area contributed by atoms with Crippen molar-refractivity contribution in [1.29, 1.82) is 0 Å². The highest BCUT2D eigenvalue weighted by molar-refractivity contribution is 8.00. The van der Waals surface area contributed by atoms with Crippen LogP contribution in [0.3, 0.4) is 0 Å². The molecule has 100 valence electrons. The molecule has 1 amide bonds. The Morgan fingerprint density at radius 1 is 1.20 bits per heavy atom. The number of thioether (sulfide) groups is 1. The fourth-order valence-electron chi connectivity index (χ4n) is 1.88. The molecule has 1 heterocycles. The van der Waals surface area contributed by atoms with E-state index in [4.69, 9.17) is 0 Å². The molecule has 0 saturated heterocycles. The molecule has 0 bridgehead atoms. The Bertz CT molecular complexity index is 724. The number of carbonyl (C=O) groups excluding carboxylic acids is 1. The number of anilines is 1. The molecule has 0 spiro atoms. The number of nitrogens with zero attached hydrogens (tertiary/aromatic N) is 1. The van der Waals surface area contributed by atoms with E-state index in [2.05, 4.69) is 15.5 Å². The van der Waals surface area contributed by atoms with Crippen LogP contribution in [0.25, 0.3) is 10.9 Å². The van der Waals surface area contributed by atoms with Crippen molar-refractivity contribution >= 4 is 34.3 Å². The van der Waals surface area contributed by atoms with E-state index in [-0.39, 0.29) is 5.91 Å². The lowest BCUT2D eigenvalue weighted by molar-refractivity contribution is -0.113. The van der Waals surface area contributed by atoms with Crippen molar-refractivity contribution in [1.82, 2.24) is 10.2 Å². The summed E-state index contributed by atoms with van der Waals surface area (Å²) >= 11 is 1.52. The van der Waals surface area contributed by atoms with Gasteiger partial charge in [0.1, 0.15) is 0 Å². The highest BCUT2D eigenvalue weighted by Crippen LogP contribution is 2.19. The van der Waals surface area contributed by atoms with Crippen LogP contribution in [0, 0.1) is 0 Å². The molecule has 4 nitrogen and oxygen atoms in total. The van der Waals surface area contributed by atoms with Crippen LogP contribution >= 0.6 is 11.8 Å². The van der Waals surface area contributed by atoms with Gasteiger partial charge < -0.3 is 5.32 Å². The zero-order valence-corrected chi connectivity index (χ0v) is 11.5. The quantitative estimate of drug-likeness (QED) is 0.722. The average molecular weight is 283 g/mol. The zero-order valence-electron chi connectivity index (χ0n) is 10.7. The molecule has 3 aromatic rings. The molecule has 0 aliphatic carbocycles. The molecule has 5 heteroatoms. The van der Waals surface area contributed by atoms with Gasteiger partial charge in [0.05, 0.1) is 17.5 Å². The van der Waals surface area contributed by atoms with Crippen LogP contribution < -0.4 is 5.32 Å². The Morgan fingerprint density at radius 3 is 2.90 bits per heavy atom. The third kappa shape index (κ3) is 3.00. The molecule has 0 unspecified atom stereocenters. The molecule has 0 fully saturated rings. The second kappa shape index (κ2) is 5.79. The average Bonchev–Trinajstić information content (AvgIpc) is 2.94. The van der Waals surface area contributed by atoms with Crippen LogP contribution in [0.4, 0.5) is 5.69 Å². The van der Waals surface area contributed by atoms with E-state index in [1.807, 2.05) is 48.5 Å². The third-order valence-corrected chi connectivity index (χ3v) is 3.85. The fraction of sp³-hybridized carbons (Fsp3) is 0.0667. The van der Waals surface area contributed by atoms with Crippen molar-refractivity contribution in [3.8, 4) is 0 Å². The summed E-state index contributed by atoms with van der Waals surface area (Å²) in [6, 6.07) is 15.6. The maximum Gasteiger partial charge on any atom is 0.234 e. The molecule has 0 aliphatic heterocycles. The van der Waals surface area contributed by atoms with Gasteiger partial charge in [-0.3, -0.25) is 9.89 Å². The van der Waals surface area contributed by atoms with Crippen LogP contribution in [0.2, 0.25) is 0 Å². The molecule has 2 aromatic carbocycles. The number of amides is 1. The molecule has 1 aromatic heterocycles. The third-order valence-electron chi connectivity index (χ3n) is 2.84. The molecule has 20 heavy (non-hydrogen) atoms. The van der Waals surface area contributed by atoms with Crippen molar-refractivity contribution in [2.45, 2.75) is 4.90 Å². The Balaban J connectivity index is 1.61. The van der Waals surface area contributed by atoms with Gasteiger partial charge in [0.15, 0.2) is 0 Å². The number of hydrogen-bond donors (Lipinski definition) is 2. The first-order chi connectivity index (χ1) is 9.81. The molecule has 2 N–H and O–H groups in total. The SMILES string of the molecule is O=C(CSc1ccccc1)Nc1ccc2cn[nH]c2c1. The van der Waals surface area contributed by atoms with Crippen molar-refractivity contribution in [2.75, 3.05) is 11.1 Å². The number of aromatic amines is 1. The van der Waals surface area contributed by atoms with Crippen LogP contribution in [0.1, 0.15) is 0 Å². The largest absolute Gasteiger partial charge is 0.325 e. The summed E-state index contributed by atoms with van der Waals surface area (Å²) in [6.45, 7) is 0. The minimum absolute atomic E-state index is 0.0160. The van der Waals surface area contributed by atoms with Gasteiger partial charge in [-0.15, -0.1) is 11.8 Å². The van der Waals surface area contributed by atoms with Gasteiger partial charge >= 0.3 is 0 Å². The Morgan fingerprint density at radius 2 is 2.05 bits per heavy atom. The summed E-state index contributed by atoms with van der Waals surface area (Å²) in [4.78, 5) is 13.0. The first-order valence-electron chi connectivity index (χ1n) is 6.22. The number of hydrogen-bond acceptors (Lipinski definition) is 3. The first-order valence-corrected chi connectivity index (χ1v) is 7.21. The van der Waals surface area contributed by atoms with E-state index in [0.29, 0.717) is 5.75 Å². The Hall–Kier alpha value is -2.27.